The monoisotopic (exact) mass is 358 g/mol. The number of halogens is 1. The highest BCUT2D eigenvalue weighted by atomic mass is 35.5. The summed E-state index contributed by atoms with van der Waals surface area (Å²) in [6, 6.07) is 13.7. The Morgan fingerprint density at radius 2 is 1.92 bits per heavy atom. The van der Waals surface area contributed by atoms with Crippen LogP contribution in [0.4, 0.5) is 10.5 Å². The summed E-state index contributed by atoms with van der Waals surface area (Å²) < 4.78 is 10.8. The van der Waals surface area contributed by atoms with Crippen LogP contribution in [0.3, 0.4) is 0 Å². The third-order valence-electron chi connectivity index (χ3n) is 3.31. The number of ether oxygens (including phenoxy) is 1. The molecule has 3 aromatic rings. The molecule has 0 aliphatic rings. The molecule has 2 aromatic carbocycles. The van der Waals surface area contributed by atoms with Gasteiger partial charge in [0.25, 0.3) is 5.89 Å². The summed E-state index contributed by atoms with van der Waals surface area (Å²) in [5.41, 5.74) is 1.32. The van der Waals surface area contributed by atoms with E-state index >= 15 is 0 Å². The maximum Gasteiger partial charge on any atom is 0.319 e. The van der Waals surface area contributed by atoms with Gasteiger partial charge in [0.1, 0.15) is 5.75 Å². The first-order chi connectivity index (χ1) is 12.2. The number of nitrogens with zero attached hydrogens (tertiary/aromatic N) is 2. The van der Waals surface area contributed by atoms with Crippen LogP contribution >= 0.6 is 11.6 Å². The standard InChI is InChI=1S/C17H15ClN4O3/c1-24-14-5-3-2-4-13(14)16-22-21-15(25-16)10-19-17(23)20-12-8-6-11(18)7-9-12/h2-9H,10H2,1H3,(H2,19,20,23). The summed E-state index contributed by atoms with van der Waals surface area (Å²) in [6.45, 7) is 0.0988. The van der Waals surface area contributed by atoms with E-state index in [0.717, 1.165) is 0 Å². The highest BCUT2D eigenvalue weighted by Crippen LogP contribution is 2.28. The number of methoxy groups -OCH3 is 1. The first-order valence-electron chi connectivity index (χ1n) is 7.42. The highest BCUT2D eigenvalue weighted by Gasteiger charge is 2.13. The van der Waals surface area contributed by atoms with E-state index in [0.29, 0.717) is 27.9 Å². The van der Waals surface area contributed by atoms with Crippen LogP contribution in [0.1, 0.15) is 5.89 Å². The Balaban J connectivity index is 1.60. The number of rotatable bonds is 5. The molecule has 0 saturated heterocycles. The zero-order valence-corrected chi connectivity index (χ0v) is 14.1. The summed E-state index contributed by atoms with van der Waals surface area (Å²) in [5.74, 6) is 1.24. The van der Waals surface area contributed by atoms with Gasteiger partial charge in [-0.1, -0.05) is 23.7 Å². The van der Waals surface area contributed by atoms with E-state index in [4.69, 9.17) is 20.8 Å². The smallest absolute Gasteiger partial charge is 0.319 e. The van der Waals surface area contributed by atoms with Crippen molar-refractivity contribution in [2.45, 2.75) is 6.54 Å². The van der Waals surface area contributed by atoms with Gasteiger partial charge in [-0.2, -0.15) is 0 Å². The molecule has 0 atom stereocenters. The summed E-state index contributed by atoms with van der Waals surface area (Å²) in [5, 5.41) is 13.8. The maximum atomic E-state index is 11.9. The number of hydrogen-bond donors (Lipinski definition) is 2. The van der Waals surface area contributed by atoms with Crippen molar-refractivity contribution in [1.82, 2.24) is 15.5 Å². The van der Waals surface area contributed by atoms with Crippen molar-refractivity contribution in [3.63, 3.8) is 0 Å². The zero-order chi connectivity index (χ0) is 17.6. The molecule has 1 heterocycles. The average Bonchev–Trinajstić information content (AvgIpc) is 3.11. The normalized spacial score (nSPS) is 10.3. The van der Waals surface area contributed by atoms with Gasteiger partial charge < -0.3 is 19.8 Å². The van der Waals surface area contributed by atoms with Gasteiger partial charge in [0.15, 0.2) is 0 Å². The maximum absolute atomic E-state index is 11.9. The third-order valence-corrected chi connectivity index (χ3v) is 3.56. The summed E-state index contributed by atoms with van der Waals surface area (Å²) >= 11 is 5.80. The van der Waals surface area contributed by atoms with E-state index in [1.54, 1.807) is 37.4 Å². The van der Waals surface area contributed by atoms with Crippen molar-refractivity contribution in [1.29, 1.82) is 0 Å². The first kappa shape index (κ1) is 16.8. The molecular formula is C17H15ClN4O3. The fourth-order valence-electron chi connectivity index (χ4n) is 2.12. The lowest BCUT2D eigenvalue weighted by Crippen LogP contribution is -2.28. The van der Waals surface area contributed by atoms with Crippen molar-refractivity contribution in [3.05, 3.63) is 59.4 Å². The molecule has 0 fully saturated rings. The van der Waals surface area contributed by atoms with Gasteiger partial charge in [-0.3, -0.25) is 0 Å². The van der Waals surface area contributed by atoms with Gasteiger partial charge in [-0.15, -0.1) is 10.2 Å². The Hall–Kier alpha value is -3.06. The molecule has 128 valence electrons. The fraction of sp³-hybridized carbons (Fsp3) is 0.118. The predicted octanol–water partition coefficient (Wildman–Crippen LogP) is 3.72. The second-order valence-corrected chi connectivity index (χ2v) is 5.45. The number of nitrogens with one attached hydrogen (secondary N) is 2. The Bertz CT molecular complexity index is 864. The molecule has 2 N–H and O–H groups in total. The Labute approximate surface area is 149 Å². The average molecular weight is 359 g/mol. The van der Waals surface area contributed by atoms with Gasteiger partial charge in [0.05, 0.1) is 19.2 Å². The van der Waals surface area contributed by atoms with Crippen LogP contribution in [-0.2, 0) is 6.54 Å². The quantitative estimate of drug-likeness (QED) is 0.725. The number of carbonyl (C=O) groups is 1. The number of hydrogen-bond acceptors (Lipinski definition) is 5. The molecule has 7 nitrogen and oxygen atoms in total. The molecule has 1 aromatic heterocycles. The van der Waals surface area contributed by atoms with Crippen LogP contribution in [0.15, 0.2) is 52.9 Å². The van der Waals surface area contributed by atoms with Crippen LogP contribution in [0.5, 0.6) is 5.75 Å². The minimum Gasteiger partial charge on any atom is -0.496 e. The van der Waals surface area contributed by atoms with Crippen molar-refractivity contribution >= 4 is 23.3 Å². The van der Waals surface area contributed by atoms with E-state index in [2.05, 4.69) is 20.8 Å². The van der Waals surface area contributed by atoms with Gasteiger partial charge >= 0.3 is 6.03 Å². The van der Waals surface area contributed by atoms with E-state index in [1.807, 2.05) is 18.2 Å². The molecule has 0 saturated carbocycles. The molecule has 0 bridgehead atoms. The molecule has 0 aliphatic heterocycles. The van der Waals surface area contributed by atoms with Gasteiger partial charge in [-0.05, 0) is 36.4 Å². The second kappa shape index (κ2) is 7.67. The first-order valence-corrected chi connectivity index (χ1v) is 7.79. The Kier molecular flexibility index (Phi) is 5.15. The summed E-state index contributed by atoms with van der Waals surface area (Å²) in [4.78, 5) is 11.9. The largest absolute Gasteiger partial charge is 0.496 e. The molecule has 25 heavy (non-hydrogen) atoms. The lowest BCUT2D eigenvalue weighted by atomic mass is 10.2. The molecule has 0 spiro atoms. The van der Waals surface area contributed by atoms with Crippen LogP contribution < -0.4 is 15.4 Å². The van der Waals surface area contributed by atoms with Crippen molar-refractivity contribution in [2.75, 3.05) is 12.4 Å². The number of carbonyl (C=O) groups excluding carboxylic acids is 1. The minimum atomic E-state index is -0.389. The molecule has 3 rings (SSSR count). The van der Waals surface area contributed by atoms with E-state index < -0.39 is 0 Å². The predicted molar refractivity (Wildman–Crippen MR) is 93.6 cm³/mol. The number of amides is 2. The Morgan fingerprint density at radius 1 is 1.16 bits per heavy atom. The zero-order valence-electron chi connectivity index (χ0n) is 13.3. The van der Waals surface area contributed by atoms with E-state index in [-0.39, 0.29) is 18.5 Å². The number of para-hydroxylation sites is 1. The summed E-state index contributed by atoms with van der Waals surface area (Å²) in [7, 11) is 1.57. The van der Waals surface area contributed by atoms with Crippen LogP contribution in [0.25, 0.3) is 11.5 Å². The molecule has 0 aliphatic carbocycles. The summed E-state index contributed by atoms with van der Waals surface area (Å²) in [6.07, 6.45) is 0. The number of benzene rings is 2. The number of anilines is 1. The number of aromatic nitrogens is 2. The molecule has 8 heteroatoms. The van der Waals surface area contributed by atoms with Crippen molar-refractivity contribution < 1.29 is 13.9 Å². The number of urea groups is 1. The van der Waals surface area contributed by atoms with Gasteiger partial charge in [0.2, 0.25) is 5.89 Å². The van der Waals surface area contributed by atoms with Gasteiger partial charge in [0, 0.05) is 10.7 Å². The molecule has 0 radical (unpaired) electrons. The van der Waals surface area contributed by atoms with Crippen LogP contribution in [0.2, 0.25) is 5.02 Å². The molecule has 0 unspecified atom stereocenters. The van der Waals surface area contributed by atoms with Gasteiger partial charge in [-0.25, -0.2) is 4.79 Å². The molecule has 2 amide bonds. The van der Waals surface area contributed by atoms with E-state index in [1.165, 1.54) is 0 Å². The second-order valence-electron chi connectivity index (χ2n) is 5.02. The SMILES string of the molecule is COc1ccccc1-c1nnc(CNC(=O)Nc2ccc(Cl)cc2)o1. The fourth-order valence-corrected chi connectivity index (χ4v) is 2.25. The minimum absolute atomic E-state index is 0.0988. The third kappa shape index (κ3) is 4.27. The van der Waals surface area contributed by atoms with Crippen LogP contribution in [0, 0.1) is 0 Å². The highest BCUT2D eigenvalue weighted by molar-refractivity contribution is 6.30. The van der Waals surface area contributed by atoms with Crippen molar-refractivity contribution in [2.24, 2.45) is 0 Å². The topological polar surface area (TPSA) is 89.3 Å². The lowest BCUT2D eigenvalue weighted by molar-refractivity contribution is 0.250. The molecular weight excluding hydrogens is 344 g/mol. The lowest BCUT2D eigenvalue weighted by Gasteiger charge is -2.06. The van der Waals surface area contributed by atoms with Crippen molar-refractivity contribution in [3.8, 4) is 17.2 Å². The van der Waals surface area contributed by atoms with Crippen LogP contribution in [-0.4, -0.2) is 23.3 Å². The van der Waals surface area contributed by atoms with E-state index in [9.17, 15) is 4.79 Å². The Morgan fingerprint density at radius 3 is 2.68 bits per heavy atom.